The van der Waals surface area contributed by atoms with Crippen molar-refractivity contribution in [3.8, 4) is 22.8 Å². The van der Waals surface area contributed by atoms with Gasteiger partial charge >= 0.3 is 0 Å². The minimum Gasteiger partial charge on any atom is -0.495 e. The van der Waals surface area contributed by atoms with Crippen LogP contribution in [0, 0.1) is 0 Å². The first-order valence-corrected chi connectivity index (χ1v) is 12.2. The van der Waals surface area contributed by atoms with Gasteiger partial charge in [0.05, 0.1) is 38.0 Å². The fourth-order valence-electron chi connectivity index (χ4n) is 4.47. The van der Waals surface area contributed by atoms with Crippen LogP contribution in [0.4, 0.5) is 5.69 Å². The molecule has 4 heterocycles. The summed E-state index contributed by atoms with van der Waals surface area (Å²) < 4.78 is 12.7. The zero-order chi connectivity index (χ0) is 25.4. The molecule has 1 fully saturated rings. The highest BCUT2D eigenvalue weighted by atomic mass is 35.5. The number of halogens is 2. The number of hydrogen-bond donors (Lipinski definition) is 1. The van der Waals surface area contributed by atoms with Crippen LogP contribution in [0.5, 0.6) is 11.5 Å². The first-order valence-electron chi connectivity index (χ1n) is 11.4. The maximum absolute atomic E-state index is 11.9. The van der Waals surface area contributed by atoms with Crippen LogP contribution in [0.1, 0.15) is 19.3 Å². The predicted octanol–water partition coefficient (Wildman–Crippen LogP) is 2.12. The molecule has 2 aromatic heterocycles. The van der Waals surface area contributed by atoms with Gasteiger partial charge in [0.25, 0.3) is 0 Å². The number of rotatable bonds is 7. The van der Waals surface area contributed by atoms with Gasteiger partial charge < -0.3 is 19.7 Å². The molecular weight excluding hydrogens is 505 g/mol. The van der Waals surface area contributed by atoms with Gasteiger partial charge in [0.1, 0.15) is 33.1 Å². The van der Waals surface area contributed by atoms with Crippen molar-refractivity contribution >= 4 is 40.9 Å². The third-order valence-corrected chi connectivity index (χ3v) is 7.01. The van der Waals surface area contributed by atoms with E-state index in [-0.39, 0.29) is 11.9 Å². The maximum atomic E-state index is 11.9. The molecular formula is C24H25Cl2N7O3. The first-order chi connectivity index (χ1) is 17.4. The Balaban J connectivity index is 1.61. The molecule has 0 bridgehead atoms. The number of amides is 1. The first kappa shape index (κ1) is 24.3. The molecule has 2 atom stereocenters. The average Bonchev–Trinajstić information content (AvgIpc) is 3.50. The lowest BCUT2D eigenvalue weighted by molar-refractivity contribution is -0.119. The van der Waals surface area contributed by atoms with E-state index in [0.717, 1.165) is 5.56 Å². The molecule has 1 amide bonds. The van der Waals surface area contributed by atoms with Crippen LogP contribution >= 0.6 is 23.2 Å². The summed E-state index contributed by atoms with van der Waals surface area (Å²) in [5.41, 5.74) is 2.56. The number of methoxy groups -OCH3 is 2. The third-order valence-electron chi connectivity index (χ3n) is 6.27. The van der Waals surface area contributed by atoms with E-state index >= 15 is 0 Å². The smallest absolute Gasteiger partial charge is 0.220 e. The average molecular weight is 530 g/mol. The molecule has 2 unspecified atom stereocenters. The molecule has 36 heavy (non-hydrogen) atoms. The van der Waals surface area contributed by atoms with Crippen LogP contribution < -0.4 is 30.5 Å². The lowest BCUT2D eigenvalue weighted by Gasteiger charge is -2.35. The summed E-state index contributed by atoms with van der Waals surface area (Å²) in [4.78, 5) is 28.2. The Bertz CT molecular complexity index is 1410. The number of nitrogens with one attached hydrogen (secondary N) is 1. The zero-order valence-electron chi connectivity index (χ0n) is 20.0. The minimum atomic E-state index is -0.403. The van der Waals surface area contributed by atoms with Crippen LogP contribution in [0.15, 0.2) is 29.6 Å². The van der Waals surface area contributed by atoms with Crippen LogP contribution in [-0.2, 0) is 11.8 Å². The SMILES string of the molecule is COc1cc(OC)c(Cl)c(N(CC2CCC(=O)N2)C2CC=c3ncc(-c4cnn(C)c4)nc3=N2)c1Cl. The van der Waals surface area contributed by atoms with E-state index in [4.69, 9.17) is 42.7 Å². The van der Waals surface area contributed by atoms with Crippen LogP contribution in [0.2, 0.25) is 10.0 Å². The zero-order valence-corrected chi connectivity index (χ0v) is 21.5. The van der Waals surface area contributed by atoms with Crippen molar-refractivity contribution in [3.05, 3.63) is 45.5 Å². The summed E-state index contributed by atoms with van der Waals surface area (Å²) in [6.45, 7) is 0.439. The number of carbonyl (C=O) groups is 1. The van der Waals surface area contributed by atoms with Gasteiger partial charge in [0, 0.05) is 50.3 Å². The van der Waals surface area contributed by atoms with Gasteiger partial charge in [-0.3, -0.25) is 14.5 Å². The molecule has 0 radical (unpaired) electrons. The van der Waals surface area contributed by atoms with Crippen molar-refractivity contribution in [1.82, 2.24) is 25.1 Å². The second-order valence-electron chi connectivity index (χ2n) is 8.63. The fourth-order valence-corrected chi connectivity index (χ4v) is 5.18. The number of aryl methyl sites for hydroxylation is 1. The monoisotopic (exact) mass is 529 g/mol. The molecule has 12 heteroatoms. The summed E-state index contributed by atoms with van der Waals surface area (Å²) in [5, 5.41) is 8.62. The Kier molecular flexibility index (Phi) is 6.72. The molecule has 0 aliphatic carbocycles. The van der Waals surface area contributed by atoms with Crippen molar-refractivity contribution in [2.75, 3.05) is 25.7 Å². The number of ether oxygens (including phenoxy) is 2. The normalized spacial score (nSPS) is 18.6. The van der Waals surface area contributed by atoms with Gasteiger partial charge in [-0.1, -0.05) is 29.3 Å². The lowest BCUT2D eigenvalue weighted by atomic mass is 10.1. The summed E-state index contributed by atoms with van der Waals surface area (Å²) in [6.07, 6.45) is 8.62. The molecule has 3 aromatic rings. The summed E-state index contributed by atoms with van der Waals surface area (Å²) in [6, 6.07) is 1.56. The van der Waals surface area contributed by atoms with Gasteiger partial charge in [-0.15, -0.1) is 0 Å². The molecule has 0 spiro atoms. The quantitative estimate of drug-likeness (QED) is 0.499. The number of fused-ring (bicyclic) bond motifs is 1. The van der Waals surface area contributed by atoms with Gasteiger partial charge in [-0.2, -0.15) is 5.10 Å². The highest BCUT2D eigenvalue weighted by Gasteiger charge is 2.32. The maximum Gasteiger partial charge on any atom is 0.220 e. The van der Waals surface area contributed by atoms with Crippen LogP contribution in [0.3, 0.4) is 0 Å². The Morgan fingerprint density at radius 2 is 1.94 bits per heavy atom. The van der Waals surface area contributed by atoms with E-state index in [1.807, 2.05) is 24.2 Å². The molecule has 188 valence electrons. The van der Waals surface area contributed by atoms with Gasteiger partial charge in [-0.25, -0.2) is 9.98 Å². The van der Waals surface area contributed by atoms with E-state index < -0.39 is 6.17 Å². The van der Waals surface area contributed by atoms with Crippen LogP contribution in [-0.4, -0.2) is 58.6 Å². The number of aromatic nitrogens is 4. The molecule has 0 saturated carbocycles. The molecule has 1 N–H and O–H groups in total. The van der Waals surface area contributed by atoms with Crippen molar-refractivity contribution in [1.29, 1.82) is 0 Å². The number of carbonyl (C=O) groups excluding carboxylic acids is 1. The minimum absolute atomic E-state index is 0.0184. The van der Waals surface area contributed by atoms with Crippen molar-refractivity contribution in [3.63, 3.8) is 0 Å². The number of benzene rings is 1. The van der Waals surface area contributed by atoms with Gasteiger partial charge in [0.2, 0.25) is 5.91 Å². The Morgan fingerprint density at radius 3 is 2.56 bits per heavy atom. The molecule has 5 rings (SSSR count). The Morgan fingerprint density at radius 1 is 1.19 bits per heavy atom. The number of hydrogen-bond acceptors (Lipinski definition) is 8. The van der Waals surface area contributed by atoms with E-state index in [2.05, 4.69) is 15.4 Å². The topological polar surface area (TPSA) is 107 Å². The standard InChI is InChI=1S/C24H25Cl2N7O3/c1-32-11-13(9-28-32)16-10-27-15-5-6-19(31-24(15)30-16)33(12-14-4-7-20(34)29-14)23-21(25)17(35-2)8-18(36-3)22(23)26/h5,8-11,14,19H,4,6-7,12H2,1-3H3,(H,29,34). The second kappa shape index (κ2) is 9.94. The molecule has 2 aliphatic rings. The highest BCUT2D eigenvalue weighted by molar-refractivity contribution is 6.41. The summed E-state index contributed by atoms with van der Waals surface area (Å²) in [7, 11) is 4.91. The van der Waals surface area contributed by atoms with Gasteiger partial charge in [0.15, 0.2) is 5.49 Å². The van der Waals surface area contributed by atoms with E-state index in [1.54, 1.807) is 23.1 Å². The lowest BCUT2D eigenvalue weighted by Crippen LogP contribution is -2.47. The molecule has 2 aliphatic heterocycles. The second-order valence-corrected chi connectivity index (χ2v) is 9.39. The van der Waals surface area contributed by atoms with E-state index in [0.29, 0.717) is 69.6 Å². The van der Waals surface area contributed by atoms with Crippen molar-refractivity contribution in [2.24, 2.45) is 12.0 Å². The van der Waals surface area contributed by atoms with Crippen molar-refractivity contribution in [2.45, 2.75) is 31.5 Å². The highest BCUT2D eigenvalue weighted by Crippen LogP contribution is 2.47. The molecule has 10 nitrogen and oxygen atoms in total. The number of anilines is 1. The van der Waals surface area contributed by atoms with Crippen LogP contribution in [0.25, 0.3) is 17.3 Å². The Labute approximate surface area is 217 Å². The Hall–Kier alpha value is -3.37. The predicted molar refractivity (Wildman–Crippen MR) is 136 cm³/mol. The molecule has 1 aromatic carbocycles. The summed E-state index contributed by atoms with van der Waals surface area (Å²) in [5.74, 6) is 0.865. The van der Waals surface area contributed by atoms with E-state index in [1.165, 1.54) is 14.2 Å². The van der Waals surface area contributed by atoms with Gasteiger partial charge in [-0.05, 0) is 6.42 Å². The molecule has 1 saturated heterocycles. The van der Waals surface area contributed by atoms with Crippen molar-refractivity contribution < 1.29 is 14.3 Å². The summed E-state index contributed by atoms with van der Waals surface area (Å²) >= 11 is 13.6. The van der Waals surface area contributed by atoms with E-state index in [9.17, 15) is 4.79 Å². The third kappa shape index (κ3) is 4.58. The largest absolute Gasteiger partial charge is 0.495 e. The number of nitrogens with zero attached hydrogens (tertiary/aromatic N) is 6. The fraction of sp³-hybridized carbons (Fsp3) is 0.375.